The summed E-state index contributed by atoms with van der Waals surface area (Å²) in [5.74, 6) is -0.931. The molecule has 15 nitrogen and oxygen atoms in total. The van der Waals surface area contributed by atoms with Gasteiger partial charge >= 0.3 is 13.7 Å². The van der Waals surface area contributed by atoms with Crippen LogP contribution < -0.4 is 20.6 Å². The molecule has 224 valence electrons. The Morgan fingerprint density at radius 3 is 2.18 bits per heavy atom. The zero-order valence-corrected chi connectivity index (χ0v) is 23.7. The van der Waals surface area contributed by atoms with Crippen LogP contribution in [0.2, 0.25) is 0 Å². The third kappa shape index (κ3) is 10.6. The highest BCUT2D eigenvalue weighted by Gasteiger charge is 2.48. The maximum atomic E-state index is 13.4. The van der Waals surface area contributed by atoms with Gasteiger partial charge in [-0.05, 0) is 37.1 Å². The van der Waals surface area contributed by atoms with Gasteiger partial charge in [-0.3, -0.25) is 9.63 Å². The molecule has 2 unspecified atom stereocenters. The molecule has 16 heteroatoms. The van der Waals surface area contributed by atoms with Gasteiger partial charge in [-0.1, -0.05) is 13.8 Å². The Kier molecular flexibility index (Phi) is 14.3. The number of nitrogens with two attached hydrogens (primary N) is 1. The van der Waals surface area contributed by atoms with E-state index in [4.69, 9.17) is 23.9 Å². The normalized spacial score (nSPS) is 25.0. The summed E-state index contributed by atoms with van der Waals surface area (Å²) in [6.45, 7) is 6.24. The smallest absolute Gasteiger partial charge is 0.399 e. The number of rotatable bonds is 11. The van der Waals surface area contributed by atoms with Gasteiger partial charge in [0, 0.05) is 14.0 Å². The first kappa shape index (κ1) is 34.7. The molecule has 2 rings (SSSR count). The number of nitrogens with one attached hydrogen (secondary N) is 1. The average molecular weight is 582 g/mol. The maximum absolute atomic E-state index is 13.4. The third-order valence-corrected chi connectivity index (χ3v) is 6.00. The summed E-state index contributed by atoms with van der Waals surface area (Å²) < 4.78 is 29.5. The number of carbonyl (C=O) groups is 2. The van der Waals surface area contributed by atoms with Gasteiger partial charge in [-0.25, -0.2) is 19.9 Å². The van der Waals surface area contributed by atoms with Crippen LogP contribution in [0, 0.1) is 5.92 Å². The van der Waals surface area contributed by atoms with Crippen molar-refractivity contribution in [2.45, 2.75) is 64.4 Å². The number of anilines is 1. The summed E-state index contributed by atoms with van der Waals surface area (Å²) in [4.78, 5) is 38.7. The minimum atomic E-state index is -3.65. The second-order valence-corrected chi connectivity index (χ2v) is 10.2. The van der Waals surface area contributed by atoms with E-state index in [1.807, 2.05) is 0 Å². The molecule has 0 aliphatic carbocycles. The lowest BCUT2D eigenvalue weighted by atomic mass is 9.96. The molecule has 0 radical (unpaired) electrons. The minimum Gasteiger partial charge on any atom is -0.497 e. The predicted octanol–water partition coefficient (Wildman–Crippen LogP) is -0.343. The summed E-state index contributed by atoms with van der Waals surface area (Å²) in [5, 5.41) is 34.3. The van der Waals surface area contributed by atoms with Crippen LogP contribution in [0.5, 0.6) is 5.75 Å². The molecule has 1 aromatic carbocycles. The molecular formula is C23H40N3O12P. The highest BCUT2D eigenvalue weighted by atomic mass is 31.2. The molecule has 1 fully saturated rings. The fourth-order valence-electron chi connectivity index (χ4n) is 3.64. The summed E-state index contributed by atoms with van der Waals surface area (Å²) in [7, 11) is -1.03. The molecule has 0 spiro atoms. The Hall–Kier alpha value is -2.33. The lowest BCUT2D eigenvalue weighted by molar-refractivity contribution is -0.259. The van der Waals surface area contributed by atoms with E-state index in [0.29, 0.717) is 11.4 Å². The Balaban J connectivity index is 0.00000113. The number of ether oxygens (including phenoxy) is 3. The zero-order chi connectivity index (χ0) is 29.9. The van der Waals surface area contributed by atoms with Gasteiger partial charge < -0.3 is 44.3 Å². The largest absolute Gasteiger partial charge is 0.497 e. The molecule has 0 aromatic heterocycles. The van der Waals surface area contributed by atoms with Crippen LogP contribution in [0.25, 0.3) is 0 Å². The maximum Gasteiger partial charge on any atom is 0.399 e. The van der Waals surface area contributed by atoms with Crippen molar-refractivity contribution in [3.8, 4) is 5.75 Å². The van der Waals surface area contributed by atoms with Crippen LogP contribution in [0.4, 0.5) is 5.69 Å². The molecule has 1 saturated heterocycles. The van der Waals surface area contributed by atoms with Gasteiger partial charge in [0.05, 0.1) is 26.0 Å². The van der Waals surface area contributed by atoms with E-state index >= 15 is 0 Å². The number of hydrogen-bond donors (Lipinski definition) is 6. The first-order valence-corrected chi connectivity index (χ1v) is 13.7. The Labute approximate surface area is 227 Å². The lowest BCUT2D eigenvalue weighted by Crippen LogP contribution is -2.65. The van der Waals surface area contributed by atoms with E-state index in [2.05, 4.69) is 15.3 Å². The second kappa shape index (κ2) is 16.1. The van der Waals surface area contributed by atoms with Crippen molar-refractivity contribution in [2.24, 2.45) is 11.4 Å². The summed E-state index contributed by atoms with van der Waals surface area (Å²) in [6.07, 6.45) is -5.67. The number of nitrogens with zero attached hydrogens (tertiary/aromatic N) is 1. The number of carbonyl (C=O) groups excluding carboxylic acids is 2. The fourth-order valence-corrected chi connectivity index (χ4v) is 3.64. The van der Waals surface area contributed by atoms with Crippen molar-refractivity contribution in [2.75, 3.05) is 32.5 Å². The van der Waals surface area contributed by atoms with Gasteiger partial charge in [0.25, 0.3) is 0 Å². The van der Waals surface area contributed by atoms with E-state index in [1.54, 1.807) is 52.1 Å². The molecule has 0 saturated carbocycles. The van der Waals surface area contributed by atoms with Crippen LogP contribution in [0.15, 0.2) is 24.3 Å². The minimum absolute atomic E-state index is 0.266. The van der Waals surface area contributed by atoms with Crippen molar-refractivity contribution >= 4 is 25.3 Å². The highest BCUT2D eigenvalue weighted by molar-refractivity contribution is 7.50. The third-order valence-electron chi connectivity index (χ3n) is 5.48. The second-order valence-electron chi connectivity index (χ2n) is 8.74. The van der Waals surface area contributed by atoms with Crippen LogP contribution in [0.3, 0.4) is 0 Å². The van der Waals surface area contributed by atoms with Crippen LogP contribution >= 0.6 is 7.75 Å². The van der Waals surface area contributed by atoms with Crippen molar-refractivity contribution in [1.82, 2.24) is 5.32 Å². The van der Waals surface area contributed by atoms with Crippen molar-refractivity contribution in [3.63, 3.8) is 0 Å². The van der Waals surface area contributed by atoms with E-state index < -0.39 is 62.9 Å². The Morgan fingerprint density at radius 1 is 1.21 bits per heavy atom. The highest BCUT2D eigenvalue weighted by Crippen LogP contribution is 2.29. The number of amides is 1. The van der Waals surface area contributed by atoms with Gasteiger partial charge in [0.15, 0.2) is 18.4 Å². The lowest BCUT2D eigenvalue weighted by Gasteiger charge is -2.43. The van der Waals surface area contributed by atoms with E-state index in [0.717, 1.165) is 7.11 Å². The van der Waals surface area contributed by atoms with Gasteiger partial charge in [-0.15, -0.1) is 0 Å². The van der Waals surface area contributed by atoms with Gasteiger partial charge in [0.2, 0.25) is 5.91 Å². The Morgan fingerprint density at radius 2 is 1.77 bits per heavy atom. The summed E-state index contributed by atoms with van der Waals surface area (Å²) in [6, 6.07) is 4.73. The van der Waals surface area contributed by atoms with E-state index in [-0.39, 0.29) is 12.5 Å². The molecule has 7 atom stereocenters. The molecule has 1 aliphatic rings. The summed E-state index contributed by atoms with van der Waals surface area (Å²) in [5.41, 5.74) is 5.00. The predicted molar refractivity (Wildman–Crippen MR) is 138 cm³/mol. The van der Waals surface area contributed by atoms with Gasteiger partial charge in [-0.2, -0.15) is 0 Å². The molecule has 1 aromatic rings. The van der Waals surface area contributed by atoms with Crippen LogP contribution in [-0.4, -0.2) is 96.2 Å². The number of esters is 1. The zero-order valence-electron chi connectivity index (χ0n) is 22.8. The van der Waals surface area contributed by atoms with Crippen molar-refractivity contribution in [3.05, 3.63) is 24.3 Å². The average Bonchev–Trinajstić information content (AvgIpc) is 2.87. The molecule has 1 amide bonds. The van der Waals surface area contributed by atoms with Crippen LogP contribution in [-0.2, 0) is 33.0 Å². The van der Waals surface area contributed by atoms with Crippen LogP contribution in [0.1, 0.15) is 27.7 Å². The van der Waals surface area contributed by atoms with E-state index in [9.17, 15) is 29.5 Å². The molecular weight excluding hydrogens is 541 g/mol. The Bertz CT molecular complexity index is 945. The topological polar surface area (TPSA) is 220 Å². The van der Waals surface area contributed by atoms with Crippen molar-refractivity contribution < 1.29 is 57.9 Å². The molecule has 1 heterocycles. The van der Waals surface area contributed by atoms with E-state index in [1.165, 1.54) is 12.0 Å². The molecule has 39 heavy (non-hydrogen) atoms. The number of hydrogen-bond acceptors (Lipinski definition) is 12. The number of benzene rings is 1. The van der Waals surface area contributed by atoms with Gasteiger partial charge in [0.1, 0.15) is 24.0 Å². The first-order chi connectivity index (χ1) is 18.2. The SMILES string of the molecule is CCON(c1ccc(OC)cc1)[C@H](C(=O)O[C@H]1[C@H](O)[C@@H](CO)OC(O)[C@@H]1NC(C)=O)C(C)C.COP(N)(=O)O. The fraction of sp³-hybridized carbons (Fsp3) is 0.652. The number of methoxy groups -OCH3 is 1. The number of hydroxylamine groups is 1. The first-order valence-electron chi connectivity index (χ1n) is 12.0. The molecule has 1 aliphatic heterocycles. The quantitative estimate of drug-likeness (QED) is 0.112. The number of aliphatic hydroxyl groups excluding tert-OH is 3. The summed E-state index contributed by atoms with van der Waals surface area (Å²) >= 11 is 0. The molecule has 7 N–H and O–H groups in total. The standard InChI is InChI=1S/C22H34N2O9.CH6NO3P/c1-6-31-24(14-7-9-15(30-5)10-8-14)18(12(2)3)22(29)33-20-17(23-13(4)26)21(28)32-16(11-25)19(20)27;1-5-6(2,3)4/h7-10,12,16-21,25,27-28H,6,11H2,1-5H3,(H,23,26);1H3,(H3,2,3,4)/t16-,17-,18+,19-,20-,21?;/m1./s1. The monoisotopic (exact) mass is 581 g/mol. The van der Waals surface area contributed by atoms with Crippen molar-refractivity contribution in [1.29, 1.82) is 0 Å². The number of aliphatic hydroxyl groups is 3. The molecule has 0 bridgehead atoms.